The molecule has 2 aliphatic carbocycles. The van der Waals surface area contributed by atoms with E-state index in [-0.39, 0.29) is 23.2 Å². The van der Waals surface area contributed by atoms with Crippen LogP contribution in [0.5, 0.6) is 0 Å². The summed E-state index contributed by atoms with van der Waals surface area (Å²) in [6.45, 7) is 0. The van der Waals surface area contributed by atoms with Gasteiger partial charge in [0, 0.05) is 5.92 Å². The van der Waals surface area contributed by atoms with Gasteiger partial charge in [-0.15, -0.1) is 11.6 Å². The van der Waals surface area contributed by atoms with Crippen LogP contribution in [0.1, 0.15) is 36.4 Å². The van der Waals surface area contributed by atoms with Gasteiger partial charge in [-0.25, -0.2) is 0 Å². The summed E-state index contributed by atoms with van der Waals surface area (Å²) < 4.78 is 0. The van der Waals surface area contributed by atoms with Crippen LogP contribution in [-0.4, -0.2) is 11.3 Å². The minimum Gasteiger partial charge on any atom is -0.348 e. The fourth-order valence-corrected chi connectivity index (χ4v) is 3.02. The van der Waals surface area contributed by atoms with E-state index >= 15 is 0 Å². The lowest BCUT2D eigenvalue weighted by Gasteiger charge is -2.27. The first-order valence-electron chi connectivity index (χ1n) is 6.28. The summed E-state index contributed by atoms with van der Waals surface area (Å²) in [7, 11) is 0. The number of fused-ring (bicyclic) bond motifs is 1. The van der Waals surface area contributed by atoms with Gasteiger partial charge in [-0.1, -0.05) is 30.7 Å². The molecule has 0 bridgehead atoms. The molecular formula is C14H16ClNO. The van der Waals surface area contributed by atoms with Crippen molar-refractivity contribution in [1.29, 1.82) is 0 Å². The van der Waals surface area contributed by atoms with E-state index in [1.165, 1.54) is 17.5 Å². The Bertz CT molecular complexity index is 442. The lowest BCUT2D eigenvalue weighted by molar-refractivity contribution is -0.128. The second-order valence-corrected chi connectivity index (χ2v) is 5.59. The molecule has 0 saturated heterocycles. The van der Waals surface area contributed by atoms with E-state index in [0.29, 0.717) is 0 Å². The van der Waals surface area contributed by atoms with Crippen molar-refractivity contribution in [1.82, 2.24) is 5.32 Å². The van der Waals surface area contributed by atoms with E-state index in [9.17, 15) is 4.79 Å². The van der Waals surface area contributed by atoms with Crippen LogP contribution in [0.4, 0.5) is 0 Å². The highest BCUT2D eigenvalue weighted by molar-refractivity contribution is 6.21. The third kappa shape index (κ3) is 1.95. The van der Waals surface area contributed by atoms with Crippen molar-refractivity contribution in [3.05, 3.63) is 35.4 Å². The molecule has 1 amide bonds. The number of hydrogen-bond donors (Lipinski definition) is 1. The van der Waals surface area contributed by atoms with Gasteiger partial charge in [-0.3, -0.25) is 4.79 Å². The first-order chi connectivity index (χ1) is 8.25. The molecule has 1 N–H and O–H groups in total. The fraction of sp³-hybridized carbons (Fsp3) is 0.500. The molecule has 0 heterocycles. The van der Waals surface area contributed by atoms with Crippen LogP contribution in [0.3, 0.4) is 0 Å². The lowest BCUT2D eigenvalue weighted by atomic mass is 9.84. The number of hydrogen-bond acceptors (Lipinski definition) is 1. The SMILES string of the molecule is O=C(NC1c2ccccc2CC1Cl)C1CCC1. The van der Waals surface area contributed by atoms with Gasteiger partial charge >= 0.3 is 0 Å². The van der Waals surface area contributed by atoms with Crippen LogP contribution in [0.25, 0.3) is 0 Å². The van der Waals surface area contributed by atoms with E-state index < -0.39 is 0 Å². The number of halogens is 1. The average molecular weight is 250 g/mol. The average Bonchev–Trinajstić information content (AvgIpc) is 2.53. The molecule has 0 aliphatic heterocycles. The Morgan fingerprint density at radius 2 is 2.06 bits per heavy atom. The molecule has 3 rings (SSSR count). The molecular weight excluding hydrogens is 234 g/mol. The molecule has 90 valence electrons. The maximum Gasteiger partial charge on any atom is 0.223 e. The molecule has 2 aliphatic rings. The van der Waals surface area contributed by atoms with Crippen molar-refractivity contribution in [3.63, 3.8) is 0 Å². The zero-order valence-electron chi connectivity index (χ0n) is 9.66. The molecule has 1 saturated carbocycles. The Hall–Kier alpha value is -1.02. The number of nitrogens with one attached hydrogen (secondary N) is 1. The summed E-state index contributed by atoms with van der Waals surface area (Å²) >= 11 is 6.34. The van der Waals surface area contributed by atoms with Crippen molar-refractivity contribution < 1.29 is 4.79 Å². The topological polar surface area (TPSA) is 29.1 Å². The summed E-state index contributed by atoms with van der Waals surface area (Å²) in [5, 5.41) is 3.11. The molecule has 1 aromatic rings. The van der Waals surface area contributed by atoms with Gasteiger partial charge in [-0.05, 0) is 30.4 Å². The van der Waals surface area contributed by atoms with Gasteiger partial charge in [0.1, 0.15) is 0 Å². The smallest absolute Gasteiger partial charge is 0.223 e. The number of carbonyl (C=O) groups is 1. The highest BCUT2D eigenvalue weighted by Crippen LogP contribution is 2.36. The molecule has 0 radical (unpaired) electrons. The van der Waals surface area contributed by atoms with Crippen molar-refractivity contribution in [3.8, 4) is 0 Å². The number of rotatable bonds is 2. The molecule has 1 fully saturated rings. The van der Waals surface area contributed by atoms with Crippen LogP contribution in [0.2, 0.25) is 0 Å². The first-order valence-corrected chi connectivity index (χ1v) is 6.71. The zero-order valence-corrected chi connectivity index (χ0v) is 10.4. The number of alkyl halides is 1. The Labute approximate surface area is 106 Å². The standard InChI is InChI=1S/C14H16ClNO/c15-12-8-10-4-1-2-7-11(10)13(12)16-14(17)9-5-3-6-9/h1-2,4,7,9,12-13H,3,5-6,8H2,(H,16,17). The highest BCUT2D eigenvalue weighted by atomic mass is 35.5. The molecule has 0 aromatic heterocycles. The van der Waals surface area contributed by atoms with E-state index in [0.717, 1.165) is 19.3 Å². The van der Waals surface area contributed by atoms with Gasteiger partial charge in [0.2, 0.25) is 5.91 Å². The van der Waals surface area contributed by atoms with Crippen LogP contribution in [0, 0.1) is 5.92 Å². The van der Waals surface area contributed by atoms with E-state index in [1.54, 1.807) is 0 Å². The maximum atomic E-state index is 12.0. The molecule has 2 nitrogen and oxygen atoms in total. The van der Waals surface area contributed by atoms with Crippen molar-refractivity contribution in [2.45, 2.75) is 37.1 Å². The van der Waals surface area contributed by atoms with Gasteiger partial charge in [0.15, 0.2) is 0 Å². The molecule has 2 atom stereocenters. The zero-order chi connectivity index (χ0) is 11.8. The van der Waals surface area contributed by atoms with Gasteiger partial charge in [-0.2, -0.15) is 0 Å². The molecule has 1 aromatic carbocycles. The van der Waals surface area contributed by atoms with Crippen LogP contribution in [0.15, 0.2) is 24.3 Å². The predicted molar refractivity (Wildman–Crippen MR) is 68.0 cm³/mol. The second kappa shape index (κ2) is 4.34. The van der Waals surface area contributed by atoms with Crippen molar-refractivity contribution in [2.75, 3.05) is 0 Å². The summed E-state index contributed by atoms with van der Waals surface area (Å²) in [6.07, 6.45) is 4.11. The summed E-state index contributed by atoms with van der Waals surface area (Å²) in [6, 6.07) is 8.21. The fourth-order valence-electron chi connectivity index (χ4n) is 2.66. The predicted octanol–water partition coefficient (Wildman–Crippen LogP) is 2.81. The van der Waals surface area contributed by atoms with Crippen LogP contribution in [-0.2, 0) is 11.2 Å². The van der Waals surface area contributed by atoms with Gasteiger partial charge in [0.05, 0.1) is 11.4 Å². The Morgan fingerprint density at radius 3 is 2.76 bits per heavy atom. The molecule has 0 spiro atoms. The van der Waals surface area contributed by atoms with E-state index in [2.05, 4.69) is 17.4 Å². The minimum absolute atomic E-state index is 0.000895. The largest absolute Gasteiger partial charge is 0.348 e. The quantitative estimate of drug-likeness (QED) is 0.803. The first kappa shape index (κ1) is 11.1. The Morgan fingerprint density at radius 1 is 1.29 bits per heavy atom. The summed E-state index contributed by atoms with van der Waals surface area (Å²) in [4.78, 5) is 12.0. The third-order valence-electron chi connectivity index (χ3n) is 3.94. The van der Waals surface area contributed by atoms with Crippen molar-refractivity contribution >= 4 is 17.5 Å². The minimum atomic E-state index is -0.00331. The Balaban J connectivity index is 1.76. The number of carbonyl (C=O) groups excluding carboxylic acids is 1. The van der Waals surface area contributed by atoms with Gasteiger partial charge in [0.25, 0.3) is 0 Å². The lowest BCUT2D eigenvalue weighted by Crippen LogP contribution is -2.38. The molecule has 17 heavy (non-hydrogen) atoms. The highest BCUT2D eigenvalue weighted by Gasteiger charge is 2.34. The normalized spacial score (nSPS) is 27.4. The molecule has 2 unspecified atom stereocenters. The maximum absolute atomic E-state index is 12.0. The monoisotopic (exact) mass is 249 g/mol. The third-order valence-corrected chi connectivity index (χ3v) is 4.35. The number of benzene rings is 1. The van der Waals surface area contributed by atoms with E-state index in [1.807, 2.05) is 12.1 Å². The summed E-state index contributed by atoms with van der Waals surface area (Å²) in [5.74, 6) is 0.412. The Kier molecular flexibility index (Phi) is 2.83. The van der Waals surface area contributed by atoms with Crippen LogP contribution < -0.4 is 5.32 Å². The number of amides is 1. The second-order valence-electron chi connectivity index (χ2n) is 5.03. The van der Waals surface area contributed by atoms with Crippen LogP contribution >= 0.6 is 11.6 Å². The van der Waals surface area contributed by atoms with Gasteiger partial charge < -0.3 is 5.32 Å². The summed E-state index contributed by atoms with van der Waals surface area (Å²) in [5.41, 5.74) is 2.46. The van der Waals surface area contributed by atoms with E-state index in [4.69, 9.17) is 11.6 Å². The van der Waals surface area contributed by atoms with Crippen molar-refractivity contribution in [2.24, 2.45) is 5.92 Å². The molecule has 3 heteroatoms.